The minimum atomic E-state index is 0.197. The number of piperidine rings is 1. The number of carbonyl (C=O) groups excluding carboxylic acids is 1. The second-order valence-electron chi connectivity index (χ2n) is 6.83. The molecule has 1 unspecified atom stereocenters. The Morgan fingerprint density at radius 1 is 1.31 bits per heavy atom. The molecule has 134 valence electrons. The number of likely N-dealkylation sites (tertiary alicyclic amines) is 1. The normalized spacial score (nSPS) is 17.6. The molecule has 1 saturated heterocycles. The number of hydrogen-bond donors (Lipinski definition) is 1. The molecule has 0 saturated carbocycles. The maximum absolute atomic E-state index is 12.6. The number of pyridine rings is 1. The molecule has 0 radical (unpaired) electrons. The minimum Gasteiger partial charge on any atom is -0.342 e. The number of nitrogens with zero attached hydrogens (tertiary/aromatic N) is 3. The highest BCUT2D eigenvalue weighted by molar-refractivity contribution is 8.00. The van der Waals surface area contributed by atoms with Crippen molar-refractivity contribution in [1.82, 2.24) is 19.9 Å². The van der Waals surface area contributed by atoms with Crippen molar-refractivity contribution in [2.24, 2.45) is 5.92 Å². The number of imidazole rings is 1. The molecule has 3 aromatic rings. The van der Waals surface area contributed by atoms with Gasteiger partial charge in [0.05, 0.1) is 16.8 Å². The molecule has 26 heavy (non-hydrogen) atoms. The number of nitrogens with one attached hydrogen (secondary N) is 1. The summed E-state index contributed by atoms with van der Waals surface area (Å²) in [7, 11) is 0. The van der Waals surface area contributed by atoms with Crippen LogP contribution >= 0.6 is 11.8 Å². The Balaban J connectivity index is 1.51. The van der Waals surface area contributed by atoms with Gasteiger partial charge in [-0.05, 0) is 43.0 Å². The number of fused-ring (bicyclic) bond motifs is 1. The lowest BCUT2D eigenvalue weighted by Gasteiger charge is -2.30. The molecule has 6 heteroatoms. The molecule has 1 atom stereocenters. The van der Waals surface area contributed by atoms with Gasteiger partial charge in [-0.2, -0.15) is 0 Å². The lowest BCUT2D eigenvalue weighted by molar-refractivity contribution is -0.130. The average molecular weight is 366 g/mol. The predicted octanol–water partition coefficient (Wildman–Crippen LogP) is 3.98. The molecule has 4 rings (SSSR count). The van der Waals surface area contributed by atoms with E-state index in [4.69, 9.17) is 0 Å². The van der Waals surface area contributed by atoms with Crippen LogP contribution < -0.4 is 0 Å². The van der Waals surface area contributed by atoms with Gasteiger partial charge in [0.25, 0.3) is 0 Å². The third-order valence-corrected chi connectivity index (χ3v) is 5.75. The van der Waals surface area contributed by atoms with Crippen LogP contribution in [0.4, 0.5) is 0 Å². The largest absolute Gasteiger partial charge is 0.342 e. The number of amides is 1. The SMILES string of the molecule is CC1CCCN(C(=O)CSc2ncccc2-c2nc3ccccc3[nH]2)C1. The Labute approximate surface area is 157 Å². The molecule has 2 aromatic heterocycles. The third-order valence-electron chi connectivity index (χ3n) is 4.76. The first-order valence-electron chi connectivity index (χ1n) is 9.01. The molecule has 3 heterocycles. The van der Waals surface area contributed by atoms with Gasteiger partial charge >= 0.3 is 0 Å². The number of benzene rings is 1. The van der Waals surface area contributed by atoms with Crippen LogP contribution in [0.25, 0.3) is 22.4 Å². The molecule has 1 amide bonds. The molecule has 0 spiro atoms. The minimum absolute atomic E-state index is 0.197. The zero-order valence-corrected chi connectivity index (χ0v) is 15.6. The lowest BCUT2D eigenvalue weighted by atomic mass is 10.0. The number of rotatable bonds is 4. The quantitative estimate of drug-likeness (QED) is 0.710. The fourth-order valence-electron chi connectivity index (χ4n) is 3.40. The standard InChI is InChI=1S/C20H22N4OS/c1-14-6-5-11-24(12-14)18(25)13-26-20-15(7-4-10-21-20)19-22-16-8-2-3-9-17(16)23-19/h2-4,7-10,14H,5-6,11-13H2,1H3,(H,22,23). The van der Waals surface area contributed by atoms with Gasteiger partial charge in [0.15, 0.2) is 0 Å². The number of para-hydroxylation sites is 2. The number of aromatic amines is 1. The average Bonchev–Trinajstić information content (AvgIpc) is 3.10. The van der Waals surface area contributed by atoms with E-state index in [0.29, 0.717) is 11.7 Å². The molecule has 5 nitrogen and oxygen atoms in total. The van der Waals surface area contributed by atoms with Crippen molar-refractivity contribution < 1.29 is 4.79 Å². The van der Waals surface area contributed by atoms with E-state index in [0.717, 1.165) is 47.0 Å². The highest BCUT2D eigenvalue weighted by Gasteiger charge is 2.21. The highest BCUT2D eigenvalue weighted by Crippen LogP contribution is 2.29. The van der Waals surface area contributed by atoms with Crippen molar-refractivity contribution in [3.05, 3.63) is 42.6 Å². The maximum atomic E-state index is 12.6. The fourth-order valence-corrected chi connectivity index (χ4v) is 4.30. The third kappa shape index (κ3) is 3.60. The number of aromatic nitrogens is 3. The topological polar surface area (TPSA) is 61.9 Å². The highest BCUT2D eigenvalue weighted by atomic mass is 32.2. The molecule has 0 aliphatic carbocycles. The van der Waals surface area contributed by atoms with Crippen molar-refractivity contribution in [1.29, 1.82) is 0 Å². The Hall–Kier alpha value is -2.34. The number of carbonyl (C=O) groups is 1. The molecular formula is C20H22N4OS. The summed E-state index contributed by atoms with van der Waals surface area (Å²) in [6.07, 6.45) is 4.08. The summed E-state index contributed by atoms with van der Waals surface area (Å²) < 4.78 is 0. The van der Waals surface area contributed by atoms with E-state index in [2.05, 4.69) is 21.9 Å². The van der Waals surface area contributed by atoms with Crippen molar-refractivity contribution in [3.63, 3.8) is 0 Å². The molecular weight excluding hydrogens is 344 g/mol. The van der Waals surface area contributed by atoms with E-state index in [9.17, 15) is 4.79 Å². The lowest BCUT2D eigenvalue weighted by Crippen LogP contribution is -2.40. The van der Waals surface area contributed by atoms with Gasteiger partial charge < -0.3 is 9.88 Å². The zero-order valence-electron chi connectivity index (χ0n) is 14.8. The zero-order chi connectivity index (χ0) is 17.9. The molecule has 1 N–H and O–H groups in total. The van der Waals surface area contributed by atoms with Gasteiger partial charge in [-0.15, -0.1) is 0 Å². The maximum Gasteiger partial charge on any atom is 0.232 e. The Morgan fingerprint density at radius 2 is 2.19 bits per heavy atom. The van der Waals surface area contributed by atoms with E-state index >= 15 is 0 Å². The number of thioether (sulfide) groups is 1. The van der Waals surface area contributed by atoms with E-state index in [1.165, 1.54) is 18.2 Å². The van der Waals surface area contributed by atoms with Gasteiger partial charge in [0, 0.05) is 24.8 Å². The summed E-state index contributed by atoms with van der Waals surface area (Å²) in [6.45, 7) is 3.96. The summed E-state index contributed by atoms with van der Waals surface area (Å²) in [4.78, 5) is 27.1. The van der Waals surface area contributed by atoms with Crippen molar-refractivity contribution in [2.45, 2.75) is 24.8 Å². The van der Waals surface area contributed by atoms with Crippen LogP contribution in [0.15, 0.2) is 47.6 Å². The second-order valence-corrected chi connectivity index (χ2v) is 7.80. The van der Waals surface area contributed by atoms with Gasteiger partial charge in [-0.25, -0.2) is 9.97 Å². The van der Waals surface area contributed by atoms with Crippen LogP contribution in [-0.4, -0.2) is 44.6 Å². The van der Waals surface area contributed by atoms with Gasteiger partial charge in [0.1, 0.15) is 10.9 Å². The Bertz CT molecular complexity index is 890. The molecule has 1 aliphatic rings. The van der Waals surface area contributed by atoms with Crippen LogP contribution in [0.5, 0.6) is 0 Å². The Morgan fingerprint density at radius 3 is 3.04 bits per heavy atom. The fraction of sp³-hybridized carbons (Fsp3) is 0.350. The summed E-state index contributed by atoms with van der Waals surface area (Å²) in [5, 5.41) is 0.838. The van der Waals surface area contributed by atoms with Gasteiger partial charge in [-0.3, -0.25) is 4.79 Å². The smallest absolute Gasteiger partial charge is 0.232 e. The van der Waals surface area contributed by atoms with E-state index in [1.54, 1.807) is 6.20 Å². The molecule has 1 fully saturated rings. The van der Waals surface area contributed by atoms with E-state index in [-0.39, 0.29) is 5.91 Å². The summed E-state index contributed by atoms with van der Waals surface area (Å²) >= 11 is 1.49. The predicted molar refractivity (Wildman–Crippen MR) is 105 cm³/mol. The van der Waals surface area contributed by atoms with E-state index < -0.39 is 0 Å². The summed E-state index contributed by atoms with van der Waals surface area (Å²) in [5.74, 6) is 2.00. The van der Waals surface area contributed by atoms with Crippen molar-refractivity contribution in [2.75, 3.05) is 18.8 Å². The first-order valence-corrected chi connectivity index (χ1v) is 10.00. The van der Waals surface area contributed by atoms with Crippen molar-refractivity contribution in [3.8, 4) is 11.4 Å². The van der Waals surface area contributed by atoms with Crippen LogP contribution in [0.1, 0.15) is 19.8 Å². The number of H-pyrrole nitrogens is 1. The molecule has 1 aromatic carbocycles. The summed E-state index contributed by atoms with van der Waals surface area (Å²) in [5.41, 5.74) is 2.87. The van der Waals surface area contributed by atoms with Crippen LogP contribution in [-0.2, 0) is 4.79 Å². The first-order chi connectivity index (χ1) is 12.7. The van der Waals surface area contributed by atoms with Gasteiger partial charge in [0.2, 0.25) is 5.91 Å². The Kier molecular flexibility index (Phi) is 4.93. The van der Waals surface area contributed by atoms with Crippen LogP contribution in [0.3, 0.4) is 0 Å². The molecule has 1 aliphatic heterocycles. The van der Waals surface area contributed by atoms with Gasteiger partial charge in [-0.1, -0.05) is 30.8 Å². The van der Waals surface area contributed by atoms with E-state index in [1.807, 2.05) is 41.3 Å². The second kappa shape index (κ2) is 7.50. The monoisotopic (exact) mass is 366 g/mol. The van der Waals surface area contributed by atoms with Crippen molar-refractivity contribution >= 4 is 28.7 Å². The van der Waals surface area contributed by atoms with Crippen LogP contribution in [0.2, 0.25) is 0 Å². The summed E-state index contributed by atoms with van der Waals surface area (Å²) in [6, 6.07) is 11.9. The molecule has 0 bridgehead atoms. The first kappa shape index (κ1) is 17.1. The van der Waals surface area contributed by atoms with Crippen LogP contribution in [0, 0.1) is 5.92 Å². The number of hydrogen-bond acceptors (Lipinski definition) is 4.